The second-order valence-corrected chi connectivity index (χ2v) is 8.15. The van der Waals surface area contributed by atoms with Gasteiger partial charge in [0.1, 0.15) is 5.82 Å². The summed E-state index contributed by atoms with van der Waals surface area (Å²) in [5, 5.41) is 1.10. The molecule has 152 valence electrons. The lowest BCUT2D eigenvalue weighted by molar-refractivity contribution is -0.135. The molecule has 1 heterocycles. The zero-order valence-corrected chi connectivity index (χ0v) is 17.9. The molecule has 1 atom stereocenters. The fourth-order valence-electron chi connectivity index (χ4n) is 3.61. The highest BCUT2D eigenvalue weighted by atomic mass is 35.5. The molecule has 0 aliphatic heterocycles. The highest BCUT2D eigenvalue weighted by Crippen LogP contribution is 2.35. The fourth-order valence-corrected chi connectivity index (χ4v) is 3.77. The van der Waals surface area contributed by atoms with Gasteiger partial charge in [-0.25, -0.2) is 4.98 Å². The number of rotatable bonds is 8. The van der Waals surface area contributed by atoms with Gasteiger partial charge in [-0.1, -0.05) is 18.5 Å². The molecule has 0 radical (unpaired) electrons. The van der Waals surface area contributed by atoms with Crippen molar-refractivity contribution in [1.82, 2.24) is 19.4 Å². The summed E-state index contributed by atoms with van der Waals surface area (Å²) >= 11 is 6.14. The van der Waals surface area contributed by atoms with E-state index in [1.165, 1.54) is 0 Å². The minimum atomic E-state index is -0.232. The van der Waals surface area contributed by atoms with E-state index in [0.29, 0.717) is 41.3 Å². The highest BCUT2D eigenvalue weighted by molar-refractivity contribution is 6.31. The molecule has 1 saturated carbocycles. The van der Waals surface area contributed by atoms with Gasteiger partial charge in [-0.3, -0.25) is 14.2 Å². The SMILES string of the molecule is CCC(c1nc2cc(Cl)ccc2c(=O)n1CC)N(CCN(C)C)C(=O)C1CC1. The fraction of sp³-hybridized carbons (Fsp3) is 0.571. The predicted octanol–water partition coefficient (Wildman–Crippen LogP) is 3.32. The van der Waals surface area contributed by atoms with E-state index in [9.17, 15) is 9.59 Å². The van der Waals surface area contributed by atoms with Crippen LogP contribution in [-0.4, -0.2) is 52.4 Å². The normalized spacial score (nSPS) is 15.2. The van der Waals surface area contributed by atoms with Crippen LogP contribution in [-0.2, 0) is 11.3 Å². The third-order valence-electron chi connectivity index (χ3n) is 5.32. The highest BCUT2D eigenvalue weighted by Gasteiger charge is 2.37. The summed E-state index contributed by atoms with van der Waals surface area (Å²) in [4.78, 5) is 35.0. The molecule has 1 aliphatic rings. The number of halogens is 1. The molecule has 1 aliphatic carbocycles. The number of nitrogens with zero attached hydrogens (tertiary/aromatic N) is 4. The van der Waals surface area contributed by atoms with Gasteiger partial charge in [-0.05, 0) is 58.5 Å². The van der Waals surface area contributed by atoms with Crippen molar-refractivity contribution in [2.45, 2.75) is 45.7 Å². The van der Waals surface area contributed by atoms with Crippen LogP contribution in [0.3, 0.4) is 0 Å². The van der Waals surface area contributed by atoms with E-state index >= 15 is 0 Å². The van der Waals surface area contributed by atoms with Crippen LogP contribution in [0.25, 0.3) is 10.9 Å². The van der Waals surface area contributed by atoms with Gasteiger partial charge < -0.3 is 9.80 Å². The Balaban J connectivity index is 2.11. The van der Waals surface area contributed by atoms with E-state index in [1.54, 1.807) is 22.8 Å². The van der Waals surface area contributed by atoms with E-state index in [0.717, 1.165) is 19.4 Å². The Labute approximate surface area is 171 Å². The largest absolute Gasteiger partial charge is 0.331 e. The maximum atomic E-state index is 13.1. The average molecular weight is 405 g/mol. The molecule has 0 N–H and O–H groups in total. The monoisotopic (exact) mass is 404 g/mol. The topological polar surface area (TPSA) is 58.4 Å². The van der Waals surface area contributed by atoms with Gasteiger partial charge >= 0.3 is 0 Å². The first-order chi connectivity index (χ1) is 13.4. The molecule has 1 aromatic heterocycles. The number of fused-ring (bicyclic) bond motifs is 1. The number of hydrogen-bond donors (Lipinski definition) is 0. The summed E-state index contributed by atoms with van der Waals surface area (Å²) in [6, 6.07) is 4.93. The summed E-state index contributed by atoms with van der Waals surface area (Å²) in [6.45, 7) is 5.88. The van der Waals surface area contributed by atoms with E-state index in [2.05, 4.69) is 4.90 Å². The van der Waals surface area contributed by atoms with Crippen molar-refractivity contribution in [2.24, 2.45) is 5.92 Å². The molecule has 1 aromatic carbocycles. The number of benzene rings is 1. The van der Waals surface area contributed by atoms with Crippen molar-refractivity contribution in [3.63, 3.8) is 0 Å². The summed E-state index contributed by atoms with van der Waals surface area (Å²) in [5.74, 6) is 0.947. The molecule has 3 rings (SSSR count). The van der Waals surface area contributed by atoms with Gasteiger partial charge in [-0.15, -0.1) is 0 Å². The Morgan fingerprint density at radius 2 is 2.00 bits per heavy atom. The van der Waals surface area contributed by atoms with Crippen LogP contribution in [0, 0.1) is 5.92 Å². The summed E-state index contributed by atoms with van der Waals surface area (Å²) in [6.07, 6.45) is 2.61. The second kappa shape index (κ2) is 8.62. The summed E-state index contributed by atoms with van der Waals surface area (Å²) < 4.78 is 1.70. The van der Waals surface area contributed by atoms with E-state index in [1.807, 2.05) is 32.8 Å². The zero-order valence-electron chi connectivity index (χ0n) is 17.1. The molecule has 1 fully saturated rings. The standard InChI is InChI=1S/C21H29ClN4O2/c1-5-18(26(12-11-24(3)4)20(27)14-7-8-14)19-23-17-13-15(22)9-10-16(17)21(28)25(19)6-2/h9-10,13-14,18H,5-8,11-12H2,1-4H3. The number of aromatic nitrogens is 2. The number of carbonyl (C=O) groups is 1. The Kier molecular flexibility index (Phi) is 6.40. The summed E-state index contributed by atoms with van der Waals surface area (Å²) in [7, 11) is 4.00. The van der Waals surface area contributed by atoms with Crippen molar-refractivity contribution >= 4 is 28.4 Å². The van der Waals surface area contributed by atoms with Crippen LogP contribution in [0.5, 0.6) is 0 Å². The first-order valence-corrected chi connectivity index (χ1v) is 10.4. The number of carbonyl (C=O) groups excluding carboxylic acids is 1. The van der Waals surface area contributed by atoms with Gasteiger partial charge in [0.25, 0.3) is 5.56 Å². The third kappa shape index (κ3) is 4.23. The van der Waals surface area contributed by atoms with E-state index < -0.39 is 0 Å². The minimum Gasteiger partial charge on any atom is -0.331 e. The number of likely N-dealkylation sites (N-methyl/N-ethyl adjacent to an activating group) is 1. The molecule has 2 aromatic rings. The van der Waals surface area contributed by atoms with Gasteiger partial charge in [-0.2, -0.15) is 0 Å². The molecule has 28 heavy (non-hydrogen) atoms. The quantitative estimate of drug-likeness (QED) is 0.677. The van der Waals surface area contributed by atoms with E-state index in [-0.39, 0.29) is 23.4 Å². The van der Waals surface area contributed by atoms with Crippen LogP contribution >= 0.6 is 11.6 Å². The summed E-state index contributed by atoms with van der Waals surface area (Å²) in [5.41, 5.74) is 0.506. The Bertz CT molecular complexity index is 920. The van der Waals surface area contributed by atoms with Gasteiger partial charge in [0.2, 0.25) is 5.91 Å². The third-order valence-corrected chi connectivity index (χ3v) is 5.56. The van der Waals surface area contributed by atoms with Gasteiger partial charge in [0, 0.05) is 30.6 Å². The van der Waals surface area contributed by atoms with Gasteiger partial charge in [0.15, 0.2) is 0 Å². The Hall–Kier alpha value is -1.92. The van der Waals surface area contributed by atoms with Crippen LogP contribution in [0.1, 0.15) is 45.0 Å². The molecule has 0 saturated heterocycles. The van der Waals surface area contributed by atoms with E-state index in [4.69, 9.17) is 16.6 Å². The molecular weight excluding hydrogens is 376 g/mol. The van der Waals surface area contributed by atoms with Crippen molar-refractivity contribution in [1.29, 1.82) is 0 Å². The van der Waals surface area contributed by atoms with Crippen LogP contribution in [0.4, 0.5) is 0 Å². The zero-order chi connectivity index (χ0) is 20.4. The predicted molar refractivity (Wildman–Crippen MR) is 113 cm³/mol. The van der Waals surface area contributed by atoms with Crippen molar-refractivity contribution in [3.8, 4) is 0 Å². The first-order valence-electron chi connectivity index (χ1n) is 10.0. The Morgan fingerprint density at radius 3 is 2.57 bits per heavy atom. The first kappa shape index (κ1) is 20.8. The van der Waals surface area contributed by atoms with Crippen LogP contribution in [0.15, 0.2) is 23.0 Å². The molecule has 1 amide bonds. The van der Waals surface area contributed by atoms with Crippen molar-refractivity contribution in [3.05, 3.63) is 39.4 Å². The number of amides is 1. The second-order valence-electron chi connectivity index (χ2n) is 7.71. The smallest absolute Gasteiger partial charge is 0.261 e. The molecular formula is C21H29ClN4O2. The van der Waals surface area contributed by atoms with Crippen molar-refractivity contribution < 1.29 is 4.79 Å². The lowest BCUT2D eigenvalue weighted by Gasteiger charge is -2.33. The molecule has 1 unspecified atom stereocenters. The molecule has 0 spiro atoms. The average Bonchev–Trinajstić information content (AvgIpc) is 3.49. The molecule has 6 nitrogen and oxygen atoms in total. The van der Waals surface area contributed by atoms with Crippen LogP contribution in [0.2, 0.25) is 5.02 Å². The van der Waals surface area contributed by atoms with Crippen molar-refractivity contribution in [2.75, 3.05) is 27.2 Å². The molecule has 0 bridgehead atoms. The maximum absolute atomic E-state index is 13.1. The Morgan fingerprint density at radius 1 is 1.29 bits per heavy atom. The maximum Gasteiger partial charge on any atom is 0.261 e. The molecule has 7 heteroatoms. The lowest BCUT2D eigenvalue weighted by atomic mass is 10.1. The minimum absolute atomic E-state index is 0.0796. The van der Waals surface area contributed by atoms with Crippen LogP contribution < -0.4 is 5.56 Å². The number of hydrogen-bond acceptors (Lipinski definition) is 4. The lowest BCUT2D eigenvalue weighted by Crippen LogP contribution is -2.42. The van der Waals surface area contributed by atoms with Gasteiger partial charge in [0.05, 0.1) is 16.9 Å².